The van der Waals surface area contributed by atoms with E-state index in [0.717, 1.165) is 0 Å². The van der Waals surface area contributed by atoms with E-state index in [-0.39, 0.29) is 12.5 Å². The van der Waals surface area contributed by atoms with Crippen molar-refractivity contribution in [2.24, 2.45) is 0 Å². The predicted molar refractivity (Wildman–Crippen MR) is 76.9 cm³/mol. The summed E-state index contributed by atoms with van der Waals surface area (Å²) in [6, 6.07) is 4.88. The van der Waals surface area contributed by atoms with Gasteiger partial charge in [-0.25, -0.2) is 9.97 Å². The highest BCUT2D eigenvalue weighted by atomic mass is 16.5. The number of hydrogen-bond acceptors (Lipinski definition) is 5. The fourth-order valence-corrected chi connectivity index (χ4v) is 1.65. The van der Waals surface area contributed by atoms with E-state index in [1.54, 1.807) is 18.2 Å². The molecule has 0 bridgehead atoms. The average Bonchev–Trinajstić information content (AvgIpc) is 2.53. The van der Waals surface area contributed by atoms with E-state index >= 15 is 0 Å². The zero-order valence-corrected chi connectivity index (χ0v) is 11.3. The Morgan fingerprint density at radius 3 is 2.81 bits per heavy atom. The van der Waals surface area contributed by atoms with Crippen molar-refractivity contribution in [3.8, 4) is 17.6 Å². The van der Waals surface area contributed by atoms with E-state index in [9.17, 15) is 4.79 Å². The van der Waals surface area contributed by atoms with Crippen molar-refractivity contribution in [2.45, 2.75) is 0 Å². The molecule has 0 saturated heterocycles. The van der Waals surface area contributed by atoms with Crippen molar-refractivity contribution in [3.05, 3.63) is 48.0 Å². The summed E-state index contributed by atoms with van der Waals surface area (Å²) in [5, 5.41) is 11.4. The van der Waals surface area contributed by atoms with Gasteiger partial charge in [0, 0.05) is 5.56 Å². The third kappa shape index (κ3) is 3.78. The third-order valence-electron chi connectivity index (χ3n) is 2.58. The minimum Gasteiger partial charge on any atom is -0.495 e. The quantitative estimate of drug-likeness (QED) is 0.823. The molecule has 0 fully saturated rings. The van der Waals surface area contributed by atoms with Gasteiger partial charge in [0.25, 0.3) is 5.91 Å². The van der Waals surface area contributed by atoms with Crippen LogP contribution in [0.4, 0.5) is 5.69 Å². The summed E-state index contributed by atoms with van der Waals surface area (Å²) in [5.41, 5.74) is 1.45. The Kier molecular flexibility index (Phi) is 4.85. The lowest BCUT2D eigenvalue weighted by molar-refractivity contribution is 0.102. The van der Waals surface area contributed by atoms with Crippen LogP contribution in [0.25, 0.3) is 0 Å². The second kappa shape index (κ2) is 7.03. The molecule has 0 saturated carbocycles. The number of nitrogens with one attached hydrogen (secondary N) is 1. The highest BCUT2D eigenvalue weighted by Gasteiger charge is 2.09. The Morgan fingerprint density at radius 2 is 2.14 bits per heavy atom. The summed E-state index contributed by atoms with van der Waals surface area (Å²) in [6.07, 6.45) is 4.38. The highest BCUT2D eigenvalue weighted by molar-refractivity contribution is 6.04. The molecule has 0 aliphatic heterocycles. The Morgan fingerprint density at radius 1 is 1.38 bits per heavy atom. The SMILES string of the molecule is COc1ccc(C(=O)Nc2cncnc2)cc1C#CCO. The third-order valence-corrected chi connectivity index (χ3v) is 2.58. The number of hydrogen-bond donors (Lipinski definition) is 2. The molecule has 0 aliphatic rings. The maximum absolute atomic E-state index is 12.1. The van der Waals surface area contributed by atoms with Gasteiger partial charge in [0.2, 0.25) is 0 Å². The summed E-state index contributed by atoms with van der Waals surface area (Å²) < 4.78 is 5.16. The van der Waals surface area contributed by atoms with Gasteiger partial charge in [-0.15, -0.1) is 0 Å². The zero-order valence-electron chi connectivity index (χ0n) is 11.3. The van der Waals surface area contributed by atoms with E-state index in [0.29, 0.717) is 22.6 Å². The van der Waals surface area contributed by atoms with Gasteiger partial charge < -0.3 is 15.2 Å². The number of amides is 1. The summed E-state index contributed by atoms with van der Waals surface area (Å²) in [7, 11) is 1.51. The molecule has 1 aromatic carbocycles. The van der Waals surface area contributed by atoms with Crippen molar-refractivity contribution in [1.82, 2.24) is 9.97 Å². The number of carbonyl (C=O) groups is 1. The predicted octanol–water partition coefficient (Wildman–Crippen LogP) is 1.08. The summed E-state index contributed by atoms with van der Waals surface area (Å²) >= 11 is 0. The minimum atomic E-state index is -0.306. The lowest BCUT2D eigenvalue weighted by Crippen LogP contribution is -2.12. The molecule has 1 aromatic heterocycles. The Bertz CT molecular complexity index is 690. The number of aromatic nitrogens is 2. The second-order valence-electron chi connectivity index (χ2n) is 3.96. The van der Waals surface area contributed by atoms with E-state index < -0.39 is 0 Å². The van der Waals surface area contributed by atoms with Crippen molar-refractivity contribution in [3.63, 3.8) is 0 Å². The molecule has 2 rings (SSSR count). The van der Waals surface area contributed by atoms with Crippen molar-refractivity contribution in [1.29, 1.82) is 0 Å². The van der Waals surface area contributed by atoms with E-state index in [2.05, 4.69) is 27.1 Å². The van der Waals surface area contributed by atoms with Crippen LogP contribution in [-0.4, -0.2) is 34.7 Å². The number of methoxy groups -OCH3 is 1. The fraction of sp³-hybridized carbons (Fsp3) is 0.133. The van der Waals surface area contributed by atoms with Gasteiger partial charge in [0.15, 0.2) is 0 Å². The number of aliphatic hydroxyl groups is 1. The van der Waals surface area contributed by atoms with Crippen LogP contribution in [0, 0.1) is 11.8 Å². The topological polar surface area (TPSA) is 84.3 Å². The first-order valence-electron chi connectivity index (χ1n) is 6.08. The highest BCUT2D eigenvalue weighted by Crippen LogP contribution is 2.19. The molecule has 106 valence electrons. The number of benzene rings is 1. The number of nitrogens with zero attached hydrogens (tertiary/aromatic N) is 2. The van der Waals surface area contributed by atoms with Gasteiger partial charge >= 0.3 is 0 Å². The molecular weight excluding hydrogens is 270 g/mol. The second-order valence-corrected chi connectivity index (χ2v) is 3.96. The first-order chi connectivity index (χ1) is 10.2. The average molecular weight is 283 g/mol. The molecule has 6 nitrogen and oxygen atoms in total. The normalized spacial score (nSPS) is 9.43. The van der Waals surface area contributed by atoms with Crippen LogP contribution in [0.1, 0.15) is 15.9 Å². The molecule has 0 unspecified atom stereocenters. The van der Waals surface area contributed by atoms with E-state index in [1.807, 2.05) is 0 Å². The van der Waals surface area contributed by atoms with Crippen LogP contribution in [0.3, 0.4) is 0 Å². The minimum absolute atomic E-state index is 0.263. The summed E-state index contributed by atoms with van der Waals surface area (Å²) in [5.74, 6) is 5.50. The van der Waals surface area contributed by atoms with Gasteiger partial charge in [-0.2, -0.15) is 0 Å². The first kappa shape index (κ1) is 14.5. The molecule has 21 heavy (non-hydrogen) atoms. The van der Waals surface area contributed by atoms with Crippen molar-refractivity contribution >= 4 is 11.6 Å². The Balaban J connectivity index is 2.25. The number of rotatable bonds is 3. The van der Waals surface area contributed by atoms with Crippen LogP contribution in [0.5, 0.6) is 5.75 Å². The van der Waals surface area contributed by atoms with Crippen LogP contribution >= 0.6 is 0 Å². The summed E-state index contributed by atoms with van der Waals surface area (Å²) in [4.78, 5) is 19.8. The number of aliphatic hydroxyl groups excluding tert-OH is 1. The van der Waals surface area contributed by atoms with Crippen LogP contribution < -0.4 is 10.1 Å². The Hall–Kier alpha value is -2.91. The molecule has 1 heterocycles. The molecule has 0 radical (unpaired) electrons. The fourth-order valence-electron chi connectivity index (χ4n) is 1.65. The Labute approximate surface area is 121 Å². The largest absolute Gasteiger partial charge is 0.495 e. The van der Waals surface area contributed by atoms with Crippen LogP contribution in [0.2, 0.25) is 0 Å². The van der Waals surface area contributed by atoms with Crippen LogP contribution in [-0.2, 0) is 0 Å². The standard InChI is InChI=1S/C15H13N3O3/c1-21-14-5-4-12(7-11(14)3-2-6-19)15(20)18-13-8-16-10-17-9-13/h4-5,7-10,19H,6H2,1H3,(H,18,20). The number of carbonyl (C=O) groups excluding carboxylic acids is 1. The van der Waals surface area contributed by atoms with Crippen LogP contribution in [0.15, 0.2) is 36.9 Å². The smallest absolute Gasteiger partial charge is 0.255 e. The first-order valence-corrected chi connectivity index (χ1v) is 6.08. The lowest BCUT2D eigenvalue weighted by Gasteiger charge is -2.07. The van der Waals surface area contributed by atoms with Crippen molar-refractivity contribution < 1.29 is 14.6 Å². The number of ether oxygens (including phenoxy) is 1. The van der Waals surface area contributed by atoms with Gasteiger partial charge in [-0.05, 0) is 18.2 Å². The lowest BCUT2D eigenvalue weighted by atomic mass is 10.1. The number of anilines is 1. The summed E-state index contributed by atoms with van der Waals surface area (Å²) in [6.45, 7) is -0.263. The van der Waals surface area contributed by atoms with E-state index in [1.165, 1.54) is 25.8 Å². The van der Waals surface area contributed by atoms with Gasteiger partial charge in [0.05, 0.1) is 30.8 Å². The monoisotopic (exact) mass is 283 g/mol. The van der Waals surface area contributed by atoms with Gasteiger partial charge in [0.1, 0.15) is 18.7 Å². The molecule has 0 atom stereocenters. The van der Waals surface area contributed by atoms with Gasteiger partial charge in [-0.1, -0.05) is 11.8 Å². The maximum atomic E-state index is 12.1. The van der Waals surface area contributed by atoms with Crippen molar-refractivity contribution in [2.75, 3.05) is 19.0 Å². The zero-order chi connectivity index (χ0) is 15.1. The molecular formula is C15H13N3O3. The molecule has 2 aromatic rings. The molecule has 0 aliphatic carbocycles. The molecule has 2 N–H and O–H groups in total. The van der Waals surface area contributed by atoms with Gasteiger partial charge in [-0.3, -0.25) is 4.79 Å². The molecule has 6 heteroatoms. The van der Waals surface area contributed by atoms with E-state index in [4.69, 9.17) is 9.84 Å². The molecule has 0 spiro atoms. The maximum Gasteiger partial charge on any atom is 0.255 e. The molecule has 1 amide bonds.